The van der Waals surface area contributed by atoms with Gasteiger partial charge in [-0.05, 0) is 23.3 Å². The van der Waals surface area contributed by atoms with Crippen molar-refractivity contribution in [3.63, 3.8) is 0 Å². The fourth-order valence-corrected chi connectivity index (χ4v) is 3.16. The normalized spacial score (nSPS) is 12.2. The zero-order valence-electron chi connectivity index (χ0n) is 13.5. The SMILES string of the molecule is COc1ccc(N(C)Cc2c(F)c(F)c(F)c(F)c2[S+](C)[O-])cc1F. The molecule has 0 aliphatic heterocycles. The lowest BCUT2D eigenvalue weighted by Crippen LogP contribution is -2.22. The van der Waals surface area contributed by atoms with Crippen molar-refractivity contribution in [2.24, 2.45) is 0 Å². The second-order valence-corrected chi connectivity index (χ2v) is 6.51. The molecule has 1 unspecified atom stereocenters. The fraction of sp³-hybridized carbons (Fsp3) is 0.250. The third-order valence-corrected chi connectivity index (χ3v) is 4.58. The highest BCUT2D eigenvalue weighted by molar-refractivity contribution is 7.90. The van der Waals surface area contributed by atoms with Crippen LogP contribution in [0.4, 0.5) is 27.6 Å². The Morgan fingerprint density at radius 3 is 2.16 bits per heavy atom. The molecular formula is C16H14F5NO2S. The molecule has 0 bridgehead atoms. The van der Waals surface area contributed by atoms with Gasteiger partial charge < -0.3 is 14.2 Å². The van der Waals surface area contributed by atoms with Gasteiger partial charge in [0.1, 0.15) is 6.26 Å². The minimum Gasteiger partial charge on any atom is -0.612 e. The number of ether oxygens (including phenoxy) is 1. The molecule has 0 spiro atoms. The highest BCUT2D eigenvalue weighted by Crippen LogP contribution is 2.30. The maximum Gasteiger partial charge on any atom is 0.217 e. The summed E-state index contributed by atoms with van der Waals surface area (Å²) in [5, 5.41) is 0. The van der Waals surface area contributed by atoms with Crippen molar-refractivity contribution >= 4 is 16.9 Å². The van der Waals surface area contributed by atoms with Gasteiger partial charge in [0.25, 0.3) is 0 Å². The lowest BCUT2D eigenvalue weighted by Gasteiger charge is -2.22. The minimum atomic E-state index is -2.11. The molecule has 2 aromatic carbocycles. The summed E-state index contributed by atoms with van der Waals surface area (Å²) in [5.74, 6) is -8.06. The van der Waals surface area contributed by atoms with Crippen molar-refractivity contribution in [2.75, 3.05) is 25.3 Å². The third-order valence-electron chi connectivity index (χ3n) is 3.58. The summed E-state index contributed by atoms with van der Waals surface area (Å²) in [5.41, 5.74) is -0.355. The zero-order valence-corrected chi connectivity index (χ0v) is 14.3. The number of benzene rings is 2. The van der Waals surface area contributed by atoms with Gasteiger partial charge >= 0.3 is 0 Å². The summed E-state index contributed by atoms with van der Waals surface area (Å²) >= 11 is -2.11. The third kappa shape index (κ3) is 3.67. The number of hydrogen-bond acceptors (Lipinski definition) is 3. The average Bonchev–Trinajstić information content (AvgIpc) is 2.57. The lowest BCUT2D eigenvalue weighted by atomic mass is 10.1. The highest BCUT2D eigenvalue weighted by Gasteiger charge is 2.31. The summed E-state index contributed by atoms with van der Waals surface area (Å²) in [6, 6.07) is 3.84. The quantitative estimate of drug-likeness (QED) is 0.343. The molecule has 2 aromatic rings. The van der Waals surface area contributed by atoms with E-state index < -0.39 is 57.3 Å². The van der Waals surface area contributed by atoms with Crippen LogP contribution in [0.3, 0.4) is 0 Å². The number of anilines is 1. The van der Waals surface area contributed by atoms with Crippen LogP contribution in [0.1, 0.15) is 5.56 Å². The average molecular weight is 379 g/mol. The fourth-order valence-electron chi connectivity index (χ4n) is 2.32. The largest absolute Gasteiger partial charge is 0.612 e. The maximum atomic E-state index is 14.1. The molecule has 0 N–H and O–H groups in total. The van der Waals surface area contributed by atoms with E-state index in [1.165, 1.54) is 31.2 Å². The van der Waals surface area contributed by atoms with Crippen LogP contribution in [-0.2, 0) is 17.7 Å². The number of rotatable bonds is 5. The van der Waals surface area contributed by atoms with Crippen LogP contribution in [0.15, 0.2) is 23.1 Å². The van der Waals surface area contributed by atoms with Gasteiger partial charge in [0.2, 0.25) is 11.6 Å². The predicted octanol–water partition coefficient (Wildman–Crippen LogP) is 3.76. The molecule has 0 aliphatic carbocycles. The summed E-state index contributed by atoms with van der Waals surface area (Å²) in [6.07, 6.45) is 1.02. The molecular weight excluding hydrogens is 365 g/mol. The van der Waals surface area contributed by atoms with E-state index in [4.69, 9.17) is 4.74 Å². The van der Waals surface area contributed by atoms with Crippen LogP contribution in [0.2, 0.25) is 0 Å². The Kier molecular flexibility index (Phi) is 5.79. The molecule has 0 fully saturated rings. The molecule has 0 radical (unpaired) electrons. The Balaban J connectivity index is 2.47. The van der Waals surface area contributed by atoms with E-state index in [1.807, 2.05) is 0 Å². The van der Waals surface area contributed by atoms with Gasteiger partial charge in [-0.3, -0.25) is 0 Å². The van der Waals surface area contributed by atoms with E-state index in [2.05, 4.69) is 0 Å². The Morgan fingerprint density at radius 2 is 1.64 bits per heavy atom. The predicted molar refractivity (Wildman–Crippen MR) is 83.7 cm³/mol. The molecule has 0 heterocycles. The molecule has 2 rings (SSSR count). The lowest BCUT2D eigenvalue weighted by molar-refractivity contribution is 0.386. The molecule has 0 saturated carbocycles. The Morgan fingerprint density at radius 1 is 1.04 bits per heavy atom. The Bertz CT molecular complexity index is 801. The van der Waals surface area contributed by atoms with Gasteiger partial charge in [-0.1, -0.05) is 0 Å². The molecule has 0 aromatic heterocycles. The standard InChI is InChI=1S/C16H14F5NO2S/c1-22(8-4-5-11(24-2)10(17)6-8)7-9-12(18)13(19)14(20)15(21)16(9)25(3)23/h4-6H,7H2,1-3H3. The molecule has 0 aliphatic rings. The van der Waals surface area contributed by atoms with Crippen molar-refractivity contribution in [1.82, 2.24) is 0 Å². The van der Waals surface area contributed by atoms with E-state index in [0.717, 1.165) is 12.3 Å². The van der Waals surface area contributed by atoms with Crippen molar-refractivity contribution < 1.29 is 31.2 Å². The Hall–Kier alpha value is -2.00. The van der Waals surface area contributed by atoms with Crippen LogP contribution in [0.5, 0.6) is 5.75 Å². The summed E-state index contributed by atoms with van der Waals surface area (Å²) in [6.45, 7) is -0.458. The Labute approximate surface area is 144 Å². The van der Waals surface area contributed by atoms with Crippen LogP contribution in [0.25, 0.3) is 0 Å². The van der Waals surface area contributed by atoms with E-state index >= 15 is 0 Å². The first-order valence-electron chi connectivity index (χ1n) is 6.91. The summed E-state index contributed by atoms with van der Waals surface area (Å²) < 4.78 is 85.1. The van der Waals surface area contributed by atoms with Crippen molar-refractivity contribution in [1.29, 1.82) is 0 Å². The van der Waals surface area contributed by atoms with Gasteiger partial charge in [-0.25, -0.2) is 17.6 Å². The molecule has 1 atom stereocenters. The minimum absolute atomic E-state index is 0.0162. The second-order valence-electron chi connectivity index (χ2n) is 5.19. The first-order chi connectivity index (χ1) is 11.7. The smallest absolute Gasteiger partial charge is 0.217 e. The first kappa shape index (κ1) is 19.3. The molecule has 136 valence electrons. The van der Waals surface area contributed by atoms with Gasteiger partial charge in [0.05, 0.1) is 19.2 Å². The van der Waals surface area contributed by atoms with Crippen molar-refractivity contribution in [2.45, 2.75) is 11.4 Å². The summed E-state index contributed by atoms with van der Waals surface area (Å²) in [7, 11) is 2.69. The topological polar surface area (TPSA) is 35.5 Å². The van der Waals surface area contributed by atoms with E-state index in [-0.39, 0.29) is 11.4 Å². The van der Waals surface area contributed by atoms with Crippen LogP contribution in [-0.4, -0.2) is 25.0 Å². The van der Waals surface area contributed by atoms with Gasteiger partial charge in [0, 0.05) is 18.8 Å². The second kappa shape index (κ2) is 7.49. The molecule has 9 heteroatoms. The number of halogens is 5. The molecule has 0 amide bonds. The molecule has 3 nitrogen and oxygen atoms in total. The summed E-state index contributed by atoms with van der Waals surface area (Å²) in [4.78, 5) is 0.505. The van der Waals surface area contributed by atoms with Crippen LogP contribution in [0, 0.1) is 29.1 Å². The van der Waals surface area contributed by atoms with Crippen LogP contribution < -0.4 is 9.64 Å². The van der Waals surface area contributed by atoms with E-state index in [0.29, 0.717) is 0 Å². The van der Waals surface area contributed by atoms with E-state index in [9.17, 15) is 26.5 Å². The van der Waals surface area contributed by atoms with Gasteiger partial charge in [-0.15, -0.1) is 0 Å². The molecule has 25 heavy (non-hydrogen) atoms. The van der Waals surface area contributed by atoms with Gasteiger partial charge in [0.15, 0.2) is 28.1 Å². The van der Waals surface area contributed by atoms with Crippen molar-refractivity contribution in [3.8, 4) is 5.75 Å². The highest BCUT2D eigenvalue weighted by atomic mass is 32.2. The van der Waals surface area contributed by atoms with Gasteiger partial charge in [-0.2, -0.15) is 4.39 Å². The first-order valence-corrected chi connectivity index (χ1v) is 8.47. The van der Waals surface area contributed by atoms with Crippen molar-refractivity contribution in [3.05, 3.63) is 52.8 Å². The molecule has 0 saturated heterocycles. The maximum absolute atomic E-state index is 14.1. The zero-order chi connectivity index (χ0) is 18.9. The number of nitrogens with zero attached hydrogens (tertiary/aromatic N) is 1. The number of methoxy groups -OCH3 is 1. The van der Waals surface area contributed by atoms with Crippen LogP contribution >= 0.6 is 0 Å². The number of hydrogen-bond donors (Lipinski definition) is 0. The van der Waals surface area contributed by atoms with E-state index in [1.54, 1.807) is 0 Å². The monoisotopic (exact) mass is 379 g/mol.